The summed E-state index contributed by atoms with van der Waals surface area (Å²) in [5.41, 5.74) is 24.0. The molecule has 2 aliphatic heterocycles. The van der Waals surface area contributed by atoms with Gasteiger partial charge in [-0.1, -0.05) is 289 Å². The highest BCUT2D eigenvalue weighted by atomic mass is 15.2. The average Bonchev–Trinajstić information content (AvgIpc) is 1.40. The van der Waals surface area contributed by atoms with Gasteiger partial charge in [0.25, 0.3) is 6.71 Å². The van der Waals surface area contributed by atoms with E-state index in [0.29, 0.717) is 5.69 Å². The van der Waals surface area contributed by atoms with Gasteiger partial charge in [-0.3, -0.25) is 0 Å². The van der Waals surface area contributed by atoms with Gasteiger partial charge in [-0.2, -0.15) is 0 Å². The molecule has 0 N–H and O–H groups in total. The first-order valence-electron chi connectivity index (χ1n) is 43.3. The summed E-state index contributed by atoms with van der Waals surface area (Å²) in [4.78, 5) is 2.56. The molecule has 6 heteroatoms. The molecule has 0 bridgehead atoms. The first kappa shape index (κ1) is 58.3. The Hall–Kier alpha value is -12.6. The summed E-state index contributed by atoms with van der Waals surface area (Å²) in [6.07, 6.45) is 0. The van der Waals surface area contributed by atoms with Crippen LogP contribution in [-0.4, -0.2) is 24.8 Å². The zero-order valence-electron chi connectivity index (χ0n) is 73.1. The fraction of sp³-hybridized carbons (Fsp3) is 0.151. The maximum atomic E-state index is 10.1. The predicted octanol–water partition coefficient (Wildman–Crippen LogP) is 26.7. The summed E-state index contributed by atoms with van der Waals surface area (Å²) in [6.45, 7) is 26.8. The molecule has 0 amide bonds. The van der Waals surface area contributed by atoms with Crippen LogP contribution < -0.4 is 21.3 Å². The fourth-order valence-corrected chi connectivity index (χ4v) is 19.1. The highest BCUT2D eigenvalue weighted by molar-refractivity contribution is 7.00. The fourth-order valence-electron chi connectivity index (χ4n) is 19.1. The third kappa shape index (κ3) is 9.63. The van der Waals surface area contributed by atoms with E-state index in [1.54, 1.807) is 4.57 Å². The Balaban J connectivity index is 0.971. The zero-order chi connectivity index (χ0) is 82.9. The molecule has 538 valence electrons. The summed E-state index contributed by atoms with van der Waals surface area (Å²) in [5.74, 6) is 0. The van der Waals surface area contributed by atoms with E-state index in [4.69, 9.17) is 0 Å². The summed E-state index contributed by atoms with van der Waals surface area (Å²) < 4.78 is 86.5. The zero-order valence-corrected chi connectivity index (χ0v) is 65.1. The van der Waals surface area contributed by atoms with Crippen LogP contribution in [0.2, 0.25) is 0 Å². The van der Waals surface area contributed by atoms with Crippen LogP contribution in [0.3, 0.4) is 0 Å². The number of anilines is 3. The Labute approximate surface area is 664 Å². The topological polar surface area (TPSA) is 22.4 Å². The lowest BCUT2D eigenvalue weighted by Gasteiger charge is -2.41. The first-order valence-corrected chi connectivity index (χ1v) is 39.3. The quantitative estimate of drug-likeness (QED) is 0.157. The molecule has 22 rings (SSSR count). The molecule has 0 saturated carbocycles. The number of hydrogen-bond donors (Lipinski definition) is 0. The number of para-hydroxylation sites is 4. The molecule has 0 aliphatic carbocycles. The highest BCUT2D eigenvalue weighted by Gasteiger charge is 2.45. The van der Waals surface area contributed by atoms with Crippen molar-refractivity contribution < 1.29 is 11.0 Å². The van der Waals surface area contributed by atoms with Crippen LogP contribution in [0.1, 0.15) is 116 Å². The molecule has 0 fully saturated rings. The van der Waals surface area contributed by atoms with Crippen molar-refractivity contribution >= 4 is 165 Å². The van der Waals surface area contributed by atoms with Gasteiger partial charge in [0.1, 0.15) is 0 Å². The van der Waals surface area contributed by atoms with Crippen molar-refractivity contribution in [3.63, 3.8) is 0 Å². The number of rotatable bonds is 5. The summed E-state index contributed by atoms with van der Waals surface area (Å²) in [7, 11) is 0. The molecule has 0 spiro atoms. The molecule has 0 unspecified atom stereocenters. The van der Waals surface area contributed by atoms with Gasteiger partial charge in [0.15, 0.2) is 0 Å². The molecule has 15 aromatic carbocycles. The van der Waals surface area contributed by atoms with Gasteiger partial charge in [-0.25, -0.2) is 0 Å². The van der Waals surface area contributed by atoms with Gasteiger partial charge >= 0.3 is 0 Å². The minimum absolute atomic E-state index is 0.0183. The van der Waals surface area contributed by atoms with Crippen molar-refractivity contribution in [1.29, 1.82) is 0 Å². The van der Waals surface area contributed by atoms with Gasteiger partial charge < -0.3 is 23.0 Å². The summed E-state index contributed by atoms with van der Waals surface area (Å²) >= 11 is 0. The summed E-state index contributed by atoms with van der Waals surface area (Å²) in [5, 5.41) is 12.9. The van der Waals surface area contributed by atoms with Crippen LogP contribution in [-0.2, 0) is 21.7 Å². The Kier molecular flexibility index (Phi) is 12.2. The predicted molar refractivity (Wildman–Crippen MR) is 482 cm³/mol. The Morgan fingerprint density at radius 1 is 0.268 bits per heavy atom. The molecule has 5 aromatic heterocycles. The average molecular weight is 1450 g/mol. The molecule has 7 heterocycles. The van der Waals surface area contributed by atoms with E-state index < -0.39 is 30.9 Å². The maximum absolute atomic E-state index is 10.1. The molecule has 112 heavy (non-hydrogen) atoms. The van der Waals surface area contributed by atoms with Crippen molar-refractivity contribution in [3.05, 3.63) is 325 Å². The van der Waals surface area contributed by atoms with E-state index in [0.717, 1.165) is 170 Å². The van der Waals surface area contributed by atoms with Crippen molar-refractivity contribution in [2.24, 2.45) is 0 Å². The van der Waals surface area contributed by atoms with E-state index in [-0.39, 0.29) is 67.6 Å². The Morgan fingerprint density at radius 2 is 0.759 bits per heavy atom. The monoisotopic (exact) mass is 1450 g/mol. The molecule has 20 aromatic rings. The van der Waals surface area contributed by atoms with Crippen LogP contribution in [0.4, 0.5) is 17.1 Å². The lowest BCUT2D eigenvalue weighted by atomic mass is 9.33. The second kappa shape index (κ2) is 23.5. The number of hydrogen-bond acceptors (Lipinski definition) is 1. The minimum Gasteiger partial charge on any atom is -0.311 e. The van der Waals surface area contributed by atoms with Crippen LogP contribution >= 0.6 is 0 Å². The Bertz CT molecular complexity index is 7870. The Morgan fingerprint density at radius 3 is 1.38 bits per heavy atom. The van der Waals surface area contributed by atoms with Crippen LogP contribution in [0.15, 0.2) is 303 Å². The highest BCUT2D eigenvalue weighted by Crippen LogP contribution is 2.52. The standard InChI is InChI=1S/C106H86BN5/c1-103(2,3)67-44-50-92-83(57-67)84-58-68(104(4,5)6)45-51-93(84)108(92)72-48-52-94-85(59-72)86-60-73(109-89-38-23-21-34-79(89)80-35-22-24-39-90(80)109)61-88-101(86)112(94)97-62-96-98(82-37-26-36-81-77-32-19-17-30-75(77)74-29-16-18-31-76(74)78-33-20-25-40-91(78)111(96)100(81)82)102-99(97)107(88)87-49-43-65(66-53-69(105(7,8)9)56-70(54-66)106(10,11)12)55-95(87)110(102)71-46-41-64(42-47-71)63-27-14-13-15-28-63/h13-62H,1-12H3/i21D,22D,23D,24D,34D,35D,38D,39D. The minimum atomic E-state index is -0.588. The van der Waals surface area contributed by atoms with E-state index in [1.807, 2.05) is 0 Å². The lowest BCUT2D eigenvalue weighted by molar-refractivity contribution is 0.569. The van der Waals surface area contributed by atoms with Crippen molar-refractivity contribution in [3.8, 4) is 39.3 Å². The molecule has 2 aliphatic rings. The van der Waals surface area contributed by atoms with Crippen LogP contribution in [0, 0.1) is 0 Å². The van der Waals surface area contributed by atoms with Crippen molar-refractivity contribution in [2.75, 3.05) is 4.90 Å². The van der Waals surface area contributed by atoms with Crippen molar-refractivity contribution in [1.82, 2.24) is 18.1 Å². The molecule has 0 atom stereocenters. The number of aromatic nitrogens is 4. The van der Waals surface area contributed by atoms with Crippen LogP contribution in [0.5, 0.6) is 0 Å². The second-order valence-electron chi connectivity index (χ2n) is 35.5. The third-order valence-electron chi connectivity index (χ3n) is 24.7. The molecule has 0 radical (unpaired) electrons. The van der Waals surface area contributed by atoms with Gasteiger partial charge in [-0.15, -0.1) is 0 Å². The number of fused-ring (bicyclic) bond motifs is 24. The van der Waals surface area contributed by atoms with Gasteiger partial charge in [0.2, 0.25) is 0 Å². The molecular formula is C106H86BN5. The number of nitrogens with zero attached hydrogens (tertiary/aromatic N) is 5. The SMILES string of the molecule is [2H]c1c([2H])c([2H])c2c(c1[2H])c1c([2H])c([2H])c([2H])c([2H])c1n2-c1cc2c3c(c1)c1cc(-n4c5ccc(C(C)(C)C)cc5c5cc(C(C)(C)C)ccc54)ccc1n3-c1cc3c(c4c1B2c1ccc(-c2cc(C(C)(C)C)cc(C(C)(C)C)c2)cc1N4c1ccc(-c2ccccc2)cc1)c1cccc2c4ccccc4c4ccccc4c4ccccc4n3c21. The van der Waals surface area contributed by atoms with E-state index in [1.165, 1.54) is 22.3 Å². The summed E-state index contributed by atoms with van der Waals surface area (Å²) in [6, 6.07) is 91.6. The van der Waals surface area contributed by atoms with Gasteiger partial charge in [0, 0.05) is 87.8 Å². The van der Waals surface area contributed by atoms with E-state index in [2.05, 4.69) is 356 Å². The third-order valence-corrected chi connectivity index (χ3v) is 24.7. The second-order valence-corrected chi connectivity index (χ2v) is 35.5. The molecular weight excluding hydrogens is 1350 g/mol. The normalized spacial score (nSPS) is 14.3. The molecule has 5 nitrogen and oxygen atoms in total. The van der Waals surface area contributed by atoms with E-state index in [9.17, 15) is 11.0 Å². The molecule has 0 saturated heterocycles. The van der Waals surface area contributed by atoms with Crippen molar-refractivity contribution in [2.45, 2.75) is 105 Å². The maximum Gasteiger partial charge on any atom is 0.252 e. The van der Waals surface area contributed by atoms with Gasteiger partial charge in [0.05, 0.1) is 60.8 Å². The largest absolute Gasteiger partial charge is 0.311 e. The lowest BCUT2D eigenvalue weighted by Crippen LogP contribution is -2.60. The van der Waals surface area contributed by atoms with Crippen LogP contribution in [0.25, 0.3) is 164 Å². The number of benzene rings is 15. The van der Waals surface area contributed by atoms with E-state index >= 15 is 0 Å². The first-order chi connectivity index (χ1) is 57.4. The van der Waals surface area contributed by atoms with Gasteiger partial charge in [-0.05, 0) is 201 Å². The smallest absolute Gasteiger partial charge is 0.252 e.